The number of hydrogen-bond acceptors (Lipinski definition) is 2. The molecule has 1 aromatic carbocycles. The summed E-state index contributed by atoms with van der Waals surface area (Å²) in [5.41, 5.74) is 3.56. The molecule has 2 N–H and O–H groups in total. The number of halogens is 3. The van der Waals surface area contributed by atoms with E-state index in [9.17, 15) is 13.2 Å². The molecule has 0 saturated carbocycles. The number of rotatable bonds is 1. The molecule has 0 spiro atoms. The second kappa shape index (κ2) is 3.88. The second-order valence-corrected chi connectivity index (χ2v) is 4.46. The van der Waals surface area contributed by atoms with Crippen molar-refractivity contribution in [2.75, 3.05) is 5.73 Å². The molecule has 1 aromatic rings. The third-order valence-electron chi connectivity index (χ3n) is 1.75. The summed E-state index contributed by atoms with van der Waals surface area (Å²) in [6.45, 7) is 5.28. The molecule has 0 aliphatic carbocycles. The monoisotopic (exact) mass is 233 g/mol. The minimum Gasteiger partial charge on any atom is -0.488 e. The Morgan fingerprint density at radius 2 is 1.69 bits per heavy atom. The van der Waals surface area contributed by atoms with Crippen molar-refractivity contribution in [2.24, 2.45) is 0 Å². The van der Waals surface area contributed by atoms with Crippen LogP contribution in [0.25, 0.3) is 0 Å². The van der Waals surface area contributed by atoms with E-state index in [1.165, 1.54) is 12.1 Å². The number of hydrogen-bond donors (Lipinski definition) is 1. The number of nitrogen functional groups attached to an aromatic ring is 1. The molecule has 0 amide bonds. The third kappa shape index (κ3) is 3.32. The van der Waals surface area contributed by atoms with Crippen molar-refractivity contribution in [2.45, 2.75) is 32.5 Å². The first-order valence-electron chi connectivity index (χ1n) is 4.75. The van der Waals surface area contributed by atoms with Crippen LogP contribution in [0, 0.1) is 0 Å². The van der Waals surface area contributed by atoms with Gasteiger partial charge in [0.15, 0.2) is 0 Å². The molecule has 0 saturated heterocycles. The van der Waals surface area contributed by atoms with E-state index in [1.807, 2.05) is 0 Å². The summed E-state index contributed by atoms with van der Waals surface area (Å²) in [4.78, 5) is 0. The van der Waals surface area contributed by atoms with E-state index in [1.54, 1.807) is 20.8 Å². The molecule has 90 valence electrons. The van der Waals surface area contributed by atoms with Gasteiger partial charge in [-0.3, -0.25) is 0 Å². The zero-order valence-corrected chi connectivity index (χ0v) is 9.35. The summed E-state index contributed by atoms with van der Waals surface area (Å²) >= 11 is 0. The number of nitrogens with two attached hydrogens (primary N) is 1. The first-order chi connectivity index (χ1) is 7.09. The minimum absolute atomic E-state index is 0.161. The molecular weight excluding hydrogens is 219 g/mol. The van der Waals surface area contributed by atoms with E-state index in [4.69, 9.17) is 10.5 Å². The van der Waals surface area contributed by atoms with Crippen LogP contribution in [0.4, 0.5) is 18.9 Å². The van der Waals surface area contributed by atoms with Crippen LogP contribution in [0.5, 0.6) is 5.75 Å². The van der Waals surface area contributed by atoms with Crippen molar-refractivity contribution in [3.63, 3.8) is 0 Å². The average molecular weight is 233 g/mol. The van der Waals surface area contributed by atoms with Gasteiger partial charge >= 0.3 is 6.18 Å². The Balaban J connectivity index is 3.09. The van der Waals surface area contributed by atoms with Crippen LogP contribution in [0.2, 0.25) is 0 Å². The Kier molecular flexibility index (Phi) is 3.08. The van der Waals surface area contributed by atoms with Crippen LogP contribution in [0.1, 0.15) is 26.3 Å². The van der Waals surface area contributed by atoms with Gasteiger partial charge in [-0.25, -0.2) is 0 Å². The van der Waals surface area contributed by atoms with Crippen molar-refractivity contribution < 1.29 is 17.9 Å². The lowest BCUT2D eigenvalue weighted by atomic mass is 10.1. The average Bonchev–Trinajstić information content (AvgIpc) is 2.04. The highest BCUT2D eigenvalue weighted by atomic mass is 19.4. The molecule has 0 aromatic heterocycles. The van der Waals surface area contributed by atoms with Crippen LogP contribution in [0.3, 0.4) is 0 Å². The third-order valence-corrected chi connectivity index (χ3v) is 1.75. The van der Waals surface area contributed by atoms with Gasteiger partial charge in [0.05, 0.1) is 5.56 Å². The lowest BCUT2D eigenvalue weighted by Crippen LogP contribution is -2.23. The van der Waals surface area contributed by atoms with Gasteiger partial charge in [-0.05, 0) is 39.0 Å². The SMILES string of the molecule is CC(C)(C)Oc1ccc(N)c(C(F)(F)F)c1. The van der Waals surface area contributed by atoms with Gasteiger partial charge in [0.1, 0.15) is 11.4 Å². The first kappa shape index (κ1) is 12.7. The van der Waals surface area contributed by atoms with Crippen molar-refractivity contribution in [3.8, 4) is 5.75 Å². The Morgan fingerprint density at radius 3 is 2.12 bits per heavy atom. The molecular formula is C11H14F3NO. The molecule has 0 aliphatic rings. The molecule has 0 aliphatic heterocycles. The quantitative estimate of drug-likeness (QED) is 0.754. The molecule has 0 unspecified atom stereocenters. The highest BCUT2D eigenvalue weighted by Crippen LogP contribution is 2.36. The maximum atomic E-state index is 12.5. The number of alkyl halides is 3. The minimum atomic E-state index is -4.46. The van der Waals surface area contributed by atoms with E-state index in [-0.39, 0.29) is 11.4 Å². The number of anilines is 1. The summed E-state index contributed by atoms with van der Waals surface area (Å²) in [7, 11) is 0. The lowest BCUT2D eigenvalue weighted by molar-refractivity contribution is -0.137. The van der Waals surface area contributed by atoms with Crippen molar-refractivity contribution in [3.05, 3.63) is 23.8 Å². The van der Waals surface area contributed by atoms with Crippen LogP contribution < -0.4 is 10.5 Å². The van der Waals surface area contributed by atoms with Gasteiger partial charge < -0.3 is 10.5 Å². The van der Waals surface area contributed by atoms with Gasteiger partial charge in [-0.1, -0.05) is 0 Å². The Hall–Kier alpha value is -1.39. The predicted molar refractivity (Wildman–Crippen MR) is 56.2 cm³/mol. The topological polar surface area (TPSA) is 35.2 Å². The molecule has 16 heavy (non-hydrogen) atoms. The van der Waals surface area contributed by atoms with Gasteiger partial charge in [0, 0.05) is 5.69 Å². The lowest BCUT2D eigenvalue weighted by Gasteiger charge is -2.22. The molecule has 0 bridgehead atoms. The zero-order chi connectivity index (χ0) is 12.6. The second-order valence-electron chi connectivity index (χ2n) is 4.46. The highest BCUT2D eigenvalue weighted by molar-refractivity contribution is 5.52. The Bertz CT molecular complexity index is 380. The standard InChI is InChI=1S/C11H14F3NO/c1-10(2,3)16-7-4-5-9(15)8(6-7)11(12,13)14/h4-6H,15H2,1-3H3. The van der Waals surface area contributed by atoms with Crippen LogP contribution >= 0.6 is 0 Å². The fraction of sp³-hybridized carbons (Fsp3) is 0.455. The van der Waals surface area contributed by atoms with Gasteiger partial charge in [0.25, 0.3) is 0 Å². The van der Waals surface area contributed by atoms with Crippen LogP contribution in [-0.2, 0) is 6.18 Å². The summed E-state index contributed by atoms with van der Waals surface area (Å²) in [5, 5.41) is 0. The smallest absolute Gasteiger partial charge is 0.418 e. The molecule has 2 nitrogen and oxygen atoms in total. The molecule has 5 heteroatoms. The Labute approximate surface area is 92.2 Å². The largest absolute Gasteiger partial charge is 0.488 e. The molecule has 1 rings (SSSR count). The van der Waals surface area contributed by atoms with E-state index in [0.717, 1.165) is 6.07 Å². The van der Waals surface area contributed by atoms with Crippen LogP contribution in [0.15, 0.2) is 18.2 Å². The van der Waals surface area contributed by atoms with E-state index in [2.05, 4.69) is 0 Å². The van der Waals surface area contributed by atoms with Gasteiger partial charge in [-0.15, -0.1) is 0 Å². The fourth-order valence-electron chi connectivity index (χ4n) is 1.20. The maximum absolute atomic E-state index is 12.5. The van der Waals surface area contributed by atoms with Gasteiger partial charge in [-0.2, -0.15) is 13.2 Å². The maximum Gasteiger partial charge on any atom is 0.418 e. The summed E-state index contributed by atoms with van der Waals surface area (Å²) in [5.74, 6) is 0.161. The van der Waals surface area contributed by atoms with E-state index < -0.39 is 17.3 Å². The Morgan fingerprint density at radius 1 is 1.12 bits per heavy atom. The fourth-order valence-corrected chi connectivity index (χ4v) is 1.20. The molecule has 0 radical (unpaired) electrons. The van der Waals surface area contributed by atoms with Gasteiger partial charge in [0.2, 0.25) is 0 Å². The molecule has 0 atom stereocenters. The van der Waals surface area contributed by atoms with Crippen molar-refractivity contribution in [1.82, 2.24) is 0 Å². The molecule has 0 fully saturated rings. The normalized spacial score (nSPS) is 12.6. The van der Waals surface area contributed by atoms with Crippen LogP contribution in [-0.4, -0.2) is 5.60 Å². The van der Waals surface area contributed by atoms with Crippen molar-refractivity contribution >= 4 is 5.69 Å². The summed E-state index contributed by atoms with van der Waals surface area (Å²) < 4.78 is 42.9. The number of benzene rings is 1. The summed E-state index contributed by atoms with van der Waals surface area (Å²) in [6.07, 6.45) is -4.46. The highest BCUT2D eigenvalue weighted by Gasteiger charge is 2.33. The molecule has 0 heterocycles. The number of ether oxygens (including phenoxy) is 1. The first-order valence-corrected chi connectivity index (χ1v) is 4.75. The summed E-state index contributed by atoms with van der Waals surface area (Å²) in [6, 6.07) is 3.54. The zero-order valence-electron chi connectivity index (χ0n) is 9.35. The van der Waals surface area contributed by atoms with Crippen molar-refractivity contribution in [1.29, 1.82) is 0 Å². The van der Waals surface area contributed by atoms with E-state index >= 15 is 0 Å². The van der Waals surface area contributed by atoms with E-state index in [0.29, 0.717) is 0 Å². The predicted octanol–water partition coefficient (Wildman–Crippen LogP) is 3.46.